The van der Waals surface area contributed by atoms with Crippen molar-refractivity contribution < 1.29 is 9.53 Å². The molecule has 1 aliphatic heterocycles. The molecule has 3 unspecified atom stereocenters. The Balaban J connectivity index is 1.47. The van der Waals surface area contributed by atoms with E-state index in [0.717, 1.165) is 23.3 Å². The summed E-state index contributed by atoms with van der Waals surface area (Å²) in [5, 5.41) is 7.62. The molecule has 0 bridgehead atoms. The van der Waals surface area contributed by atoms with Gasteiger partial charge < -0.3 is 10.1 Å². The maximum absolute atomic E-state index is 11.2. The molecule has 0 radical (unpaired) electrons. The molecule has 0 aromatic heterocycles. The van der Waals surface area contributed by atoms with E-state index in [2.05, 4.69) is 32.1 Å². The lowest BCUT2D eigenvalue weighted by atomic mass is 9.91. The molecule has 2 saturated carbocycles. The summed E-state index contributed by atoms with van der Waals surface area (Å²) in [5.41, 5.74) is 0. The quantitative estimate of drug-likeness (QED) is 0.823. The van der Waals surface area contributed by atoms with Gasteiger partial charge in [0.2, 0.25) is 5.96 Å². The van der Waals surface area contributed by atoms with Crippen molar-refractivity contribution >= 4 is 23.8 Å². The fraction of sp³-hybridized carbons (Fsp3) is 0.867. The molecule has 3 atom stereocenters. The first-order valence-electron chi connectivity index (χ1n) is 8.09. The molecule has 21 heavy (non-hydrogen) atoms. The number of aliphatic imine (C=N–C) groups is 1. The number of guanidine groups is 1. The summed E-state index contributed by atoms with van der Waals surface area (Å²) in [4.78, 5) is 15.8. The van der Waals surface area contributed by atoms with Crippen molar-refractivity contribution in [1.82, 2.24) is 10.6 Å². The Morgan fingerprint density at radius 1 is 1.24 bits per heavy atom. The molecule has 0 spiro atoms. The lowest BCUT2D eigenvalue weighted by Crippen LogP contribution is -2.45. The van der Waals surface area contributed by atoms with Crippen molar-refractivity contribution in [2.75, 3.05) is 7.11 Å². The first kappa shape index (κ1) is 15.0. The van der Waals surface area contributed by atoms with Crippen LogP contribution >= 0.6 is 11.8 Å². The van der Waals surface area contributed by atoms with Gasteiger partial charge in [0.1, 0.15) is 0 Å². The molecular formula is C15H25N3O2S. The highest BCUT2D eigenvalue weighted by molar-refractivity contribution is 8.00. The highest BCUT2D eigenvalue weighted by Gasteiger charge is 2.36. The van der Waals surface area contributed by atoms with Crippen LogP contribution in [0.25, 0.3) is 0 Å². The van der Waals surface area contributed by atoms with Gasteiger partial charge in [0.25, 0.3) is 0 Å². The van der Waals surface area contributed by atoms with Crippen molar-refractivity contribution in [1.29, 1.82) is 0 Å². The van der Waals surface area contributed by atoms with Crippen molar-refractivity contribution in [2.45, 2.75) is 74.0 Å². The van der Waals surface area contributed by atoms with Crippen molar-refractivity contribution in [2.24, 2.45) is 4.99 Å². The molecule has 1 amide bonds. The summed E-state index contributed by atoms with van der Waals surface area (Å²) in [7, 11) is 1.37. The molecule has 118 valence electrons. The highest BCUT2D eigenvalue weighted by Crippen LogP contribution is 2.38. The van der Waals surface area contributed by atoms with E-state index in [1.807, 2.05) is 0 Å². The first-order valence-corrected chi connectivity index (χ1v) is 9.03. The molecule has 6 heteroatoms. The Morgan fingerprint density at radius 3 is 2.81 bits per heavy atom. The number of hydrogen-bond acceptors (Lipinski definition) is 5. The molecule has 5 nitrogen and oxygen atoms in total. The van der Waals surface area contributed by atoms with Gasteiger partial charge in [-0.25, -0.2) is 9.79 Å². The second-order valence-electron chi connectivity index (χ2n) is 6.24. The third-order valence-corrected chi connectivity index (χ3v) is 6.40. The molecule has 2 fully saturated rings. The lowest BCUT2D eigenvalue weighted by molar-refractivity contribution is 0.176. The average Bonchev–Trinajstić information content (AvgIpc) is 2.89. The predicted octanol–water partition coefficient (Wildman–Crippen LogP) is 2.66. The van der Waals surface area contributed by atoms with Crippen molar-refractivity contribution in [3.05, 3.63) is 0 Å². The van der Waals surface area contributed by atoms with Gasteiger partial charge in [-0.3, -0.25) is 5.32 Å². The van der Waals surface area contributed by atoms with Crippen LogP contribution < -0.4 is 10.6 Å². The molecule has 3 aliphatic rings. The number of nitrogens with one attached hydrogen (secondary N) is 2. The molecule has 2 aliphatic carbocycles. The number of methoxy groups -OCH3 is 1. The van der Waals surface area contributed by atoms with E-state index in [-0.39, 0.29) is 0 Å². The zero-order chi connectivity index (χ0) is 14.7. The number of thioether (sulfide) groups is 1. The van der Waals surface area contributed by atoms with Crippen molar-refractivity contribution in [3.63, 3.8) is 0 Å². The average molecular weight is 311 g/mol. The second-order valence-corrected chi connectivity index (χ2v) is 7.85. The van der Waals surface area contributed by atoms with Crippen LogP contribution in [-0.2, 0) is 4.74 Å². The van der Waals surface area contributed by atoms with Crippen LogP contribution in [0.2, 0.25) is 0 Å². The third-order valence-electron chi connectivity index (χ3n) is 4.73. The summed E-state index contributed by atoms with van der Waals surface area (Å²) in [6, 6.07) is 0.701. The molecular weight excluding hydrogens is 286 g/mol. The monoisotopic (exact) mass is 311 g/mol. The minimum absolute atomic E-state index is 0.320. The summed E-state index contributed by atoms with van der Waals surface area (Å²) in [6.07, 6.45) is 10.1. The van der Waals surface area contributed by atoms with E-state index in [1.165, 1.54) is 45.6 Å². The zero-order valence-corrected chi connectivity index (χ0v) is 13.5. The number of rotatable bonds is 2. The molecule has 1 heterocycles. The van der Waals surface area contributed by atoms with Crippen LogP contribution in [0.15, 0.2) is 4.99 Å². The highest BCUT2D eigenvalue weighted by atomic mass is 32.2. The van der Waals surface area contributed by atoms with Gasteiger partial charge in [0.15, 0.2) is 0 Å². The van der Waals surface area contributed by atoms with E-state index < -0.39 is 6.09 Å². The fourth-order valence-electron chi connectivity index (χ4n) is 3.62. The van der Waals surface area contributed by atoms with Crippen LogP contribution in [0.4, 0.5) is 4.79 Å². The van der Waals surface area contributed by atoms with E-state index in [1.54, 1.807) is 0 Å². The van der Waals surface area contributed by atoms with Crippen LogP contribution in [-0.4, -0.2) is 41.7 Å². The molecule has 0 aromatic rings. The number of carbonyl (C=O) groups excluding carboxylic acids is 1. The standard InChI is InChI=1S/C15H25N3O2S/c1-20-15(19)18-14-16-12-8-7-11(9-13(12)17-14)21-10-5-3-2-4-6-10/h10-13H,2-9H2,1H3,(H2,16,17,18,19). The van der Waals surface area contributed by atoms with E-state index in [9.17, 15) is 4.79 Å². The topological polar surface area (TPSA) is 62.7 Å². The van der Waals surface area contributed by atoms with Crippen LogP contribution in [0.3, 0.4) is 0 Å². The molecule has 3 rings (SSSR count). The van der Waals surface area contributed by atoms with E-state index in [0.29, 0.717) is 18.0 Å². The largest absolute Gasteiger partial charge is 0.453 e. The number of hydrogen-bond donors (Lipinski definition) is 2. The Morgan fingerprint density at radius 2 is 2.05 bits per heavy atom. The maximum atomic E-state index is 11.2. The van der Waals surface area contributed by atoms with Gasteiger partial charge in [0, 0.05) is 10.5 Å². The normalized spacial score (nSPS) is 32.8. The fourth-order valence-corrected chi connectivity index (χ4v) is 5.36. The number of amides is 1. The van der Waals surface area contributed by atoms with Gasteiger partial charge in [-0.1, -0.05) is 19.3 Å². The Bertz CT molecular complexity index is 410. The van der Waals surface area contributed by atoms with Crippen molar-refractivity contribution in [3.8, 4) is 0 Å². The minimum Gasteiger partial charge on any atom is -0.453 e. The number of fused-ring (bicyclic) bond motifs is 1. The van der Waals surface area contributed by atoms with Crippen LogP contribution in [0.1, 0.15) is 51.4 Å². The minimum atomic E-state index is -0.451. The van der Waals surface area contributed by atoms with Gasteiger partial charge in [-0.2, -0.15) is 11.8 Å². The van der Waals surface area contributed by atoms with Gasteiger partial charge >= 0.3 is 6.09 Å². The molecule has 0 saturated heterocycles. The van der Waals surface area contributed by atoms with E-state index in [4.69, 9.17) is 0 Å². The zero-order valence-electron chi connectivity index (χ0n) is 12.6. The number of nitrogens with zero attached hydrogens (tertiary/aromatic N) is 1. The second kappa shape index (κ2) is 6.90. The summed E-state index contributed by atoms with van der Waals surface area (Å²) in [6.45, 7) is 0. The molecule has 0 aromatic carbocycles. The smallest absolute Gasteiger partial charge is 0.413 e. The number of alkyl carbamates (subject to hydrolysis) is 1. The lowest BCUT2D eigenvalue weighted by Gasteiger charge is -2.33. The SMILES string of the molecule is COC(=O)NC1=NC2CCC(SC3CCCCC3)CC2N1. The molecule has 2 N–H and O–H groups in total. The Labute approximate surface area is 130 Å². The van der Waals surface area contributed by atoms with Gasteiger partial charge in [-0.15, -0.1) is 0 Å². The Kier molecular flexibility index (Phi) is 4.93. The van der Waals surface area contributed by atoms with Crippen LogP contribution in [0, 0.1) is 0 Å². The Hall–Kier alpha value is -0.910. The van der Waals surface area contributed by atoms with Gasteiger partial charge in [0.05, 0.1) is 19.2 Å². The van der Waals surface area contributed by atoms with Gasteiger partial charge in [-0.05, 0) is 32.1 Å². The summed E-state index contributed by atoms with van der Waals surface area (Å²) in [5.74, 6) is 0.583. The van der Waals surface area contributed by atoms with Crippen LogP contribution in [0.5, 0.6) is 0 Å². The predicted molar refractivity (Wildman–Crippen MR) is 85.8 cm³/mol. The first-order chi connectivity index (χ1) is 10.2. The summed E-state index contributed by atoms with van der Waals surface area (Å²) >= 11 is 2.21. The summed E-state index contributed by atoms with van der Waals surface area (Å²) < 4.78 is 4.61. The number of carbonyl (C=O) groups is 1. The third kappa shape index (κ3) is 3.84. The van der Waals surface area contributed by atoms with E-state index >= 15 is 0 Å². The maximum Gasteiger partial charge on any atom is 0.413 e. The number of ether oxygens (including phenoxy) is 1.